The van der Waals surface area contributed by atoms with Gasteiger partial charge in [0.05, 0.1) is 5.56 Å². The third kappa shape index (κ3) is 6.30. The van der Waals surface area contributed by atoms with Crippen LogP contribution in [0.4, 0.5) is 19.0 Å². The molecule has 0 bridgehead atoms. The van der Waals surface area contributed by atoms with Crippen molar-refractivity contribution in [1.29, 1.82) is 0 Å². The van der Waals surface area contributed by atoms with Gasteiger partial charge in [-0.05, 0) is 45.7 Å². The summed E-state index contributed by atoms with van der Waals surface area (Å²) in [6.45, 7) is 8.45. The van der Waals surface area contributed by atoms with Crippen molar-refractivity contribution in [2.75, 3.05) is 57.8 Å². The van der Waals surface area contributed by atoms with Crippen LogP contribution in [0.3, 0.4) is 0 Å². The number of nitrogens with zero attached hydrogens (tertiary/aromatic N) is 4. The summed E-state index contributed by atoms with van der Waals surface area (Å²) in [6, 6.07) is 3.62. The SMILES string of the molecule is CCNC(=O)Nc1sc2ncccc2c1C(=O)N1CCN(C2CCN(C(=O)OC(C)(C)CF)CC2)CC1. The quantitative estimate of drug-likeness (QED) is 0.587. The molecule has 2 saturated heterocycles. The molecule has 0 saturated carbocycles. The van der Waals surface area contributed by atoms with E-state index in [0.717, 1.165) is 31.3 Å². The number of alkyl halides is 1. The van der Waals surface area contributed by atoms with Crippen molar-refractivity contribution < 1.29 is 23.5 Å². The molecule has 0 aromatic carbocycles. The molecule has 202 valence electrons. The summed E-state index contributed by atoms with van der Waals surface area (Å²) < 4.78 is 18.3. The number of rotatable bonds is 6. The van der Waals surface area contributed by atoms with Gasteiger partial charge in [-0.25, -0.2) is 19.0 Å². The fourth-order valence-electron chi connectivity index (χ4n) is 4.73. The maximum atomic E-state index is 13.6. The maximum absolute atomic E-state index is 13.6. The lowest BCUT2D eigenvalue weighted by Gasteiger charge is -2.42. The predicted octanol–water partition coefficient (Wildman–Crippen LogP) is 3.54. The lowest BCUT2D eigenvalue weighted by Crippen LogP contribution is -2.55. The molecule has 2 aliphatic rings. The minimum atomic E-state index is -1.12. The van der Waals surface area contributed by atoms with Crippen molar-refractivity contribution in [3.63, 3.8) is 0 Å². The van der Waals surface area contributed by atoms with Crippen molar-refractivity contribution in [3.05, 3.63) is 23.9 Å². The standard InChI is InChI=1S/C25H35FN6O4S/c1-4-27-23(34)29-21-19(18-6-5-9-28-20(18)37-21)22(33)31-14-12-30(13-15-31)17-7-10-32(11-8-17)24(35)36-25(2,3)16-26/h5-6,9,17H,4,7-8,10-16H2,1-3H3,(H2,27,29,34). The number of likely N-dealkylation sites (tertiary alicyclic amines) is 1. The van der Waals surface area contributed by atoms with Crippen molar-refractivity contribution in [2.45, 2.75) is 45.3 Å². The van der Waals surface area contributed by atoms with Gasteiger partial charge >= 0.3 is 12.1 Å². The second kappa shape index (κ2) is 11.6. The summed E-state index contributed by atoms with van der Waals surface area (Å²) in [5, 5.41) is 6.77. The Hall–Kier alpha value is -2.99. The number of ether oxygens (including phenoxy) is 1. The van der Waals surface area contributed by atoms with Gasteiger partial charge < -0.3 is 19.9 Å². The van der Waals surface area contributed by atoms with E-state index in [0.29, 0.717) is 54.2 Å². The second-order valence-corrected chi connectivity index (χ2v) is 11.0. The number of pyridine rings is 1. The molecule has 0 aliphatic carbocycles. The number of carbonyl (C=O) groups excluding carboxylic acids is 3. The Kier molecular flexibility index (Phi) is 8.48. The zero-order valence-corrected chi connectivity index (χ0v) is 22.4. The number of piperidine rings is 1. The number of amides is 4. The van der Waals surface area contributed by atoms with Crippen LogP contribution in [0.25, 0.3) is 10.2 Å². The highest BCUT2D eigenvalue weighted by Crippen LogP contribution is 2.35. The molecule has 0 atom stereocenters. The number of piperazine rings is 1. The molecule has 12 heteroatoms. The number of fused-ring (bicyclic) bond motifs is 1. The summed E-state index contributed by atoms with van der Waals surface area (Å²) in [4.78, 5) is 49.1. The van der Waals surface area contributed by atoms with Crippen LogP contribution in [0.2, 0.25) is 0 Å². The van der Waals surface area contributed by atoms with E-state index in [-0.39, 0.29) is 11.9 Å². The topological polar surface area (TPSA) is 107 Å². The molecule has 2 aliphatic heterocycles. The first kappa shape index (κ1) is 27.1. The van der Waals surface area contributed by atoms with E-state index >= 15 is 0 Å². The molecule has 0 spiro atoms. The van der Waals surface area contributed by atoms with Crippen molar-refractivity contribution >= 4 is 44.6 Å². The van der Waals surface area contributed by atoms with Gasteiger partial charge in [-0.2, -0.15) is 0 Å². The van der Waals surface area contributed by atoms with Crippen LogP contribution in [0.5, 0.6) is 0 Å². The van der Waals surface area contributed by atoms with Crippen molar-refractivity contribution in [3.8, 4) is 0 Å². The Morgan fingerprint density at radius 2 is 1.84 bits per heavy atom. The summed E-state index contributed by atoms with van der Waals surface area (Å²) in [7, 11) is 0. The Balaban J connectivity index is 1.35. The number of anilines is 1. The number of halogens is 1. The first-order valence-corrected chi connectivity index (χ1v) is 13.5. The largest absolute Gasteiger partial charge is 0.441 e. The van der Waals surface area contributed by atoms with Crippen molar-refractivity contribution in [1.82, 2.24) is 25.0 Å². The minimum Gasteiger partial charge on any atom is -0.441 e. The number of thiophene rings is 1. The number of hydrogen-bond donors (Lipinski definition) is 2. The molecule has 2 fully saturated rings. The summed E-state index contributed by atoms with van der Waals surface area (Å²) in [5.41, 5.74) is -0.633. The highest BCUT2D eigenvalue weighted by atomic mass is 32.1. The molecule has 4 amide bonds. The summed E-state index contributed by atoms with van der Waals surface area (Å²) >= 11 is 1.30. The number of hydrogen-bond acceptors (Lipinski definition) is 7. The van der Waals surface area contributed by atoms with E-state index in [4.69, 9.17) is 4.74 Å². The molecule has 2 aromatic heterocycles. The maximum Gasteiger partial charge on any atom is 0.410 e. The normalized spacial score (nSPS) is 17.6. The van der Waals surface area contributed by atoms with Crippen LogP contribution < -0.4 is 10.6 Å². The molecule has 4 rings (SSSR count). The molecular weight excluding hydrogens is 499 g/mol. The van der Waals surface area contributed by atoms with E-state index in [9.17, 15) is 18.8 Å². The van der Waals surface area contributed by atoms with Crippen LogP contribution >= 0.6 is 11.3 Å². The van der Waals surface area contributed by atoms with Gasteiger partial charge in [0.25, 0.3) is 5.91 Å². The average molecular weight is 535 g/mol. The van der Waals surface area contributed by atoms with Gasteiger partial charge in [0, 0.05) is 63.4 Å². The average Bonchev–Trinajstić information content (AvgIpc) is 3.26. The molecule has 10 nitrogen and oxygen atoms in total. The van der Waals surface area contributed by atoms with Crippen LogP contribution in [0, 0.1) is 0 Å². The Morgan fingerprint density at radius 3 is 2.49 bits per heavy atom. The van der Waals surface area contributed by atoms with Gasteiger partial charge in [0.2, 0.25) is 0 Å². The Labute approximate surface area is 220 Å². The zero-order valence-electron chi connectivity index (χ0n) is 21.6. The monoisotopic (exact) mass is 534 g/mol. The van der Waals surface area contributed by atoms with E-state index in [1.54, 1.807) is 31.0 Å². The van der Waals surface area contributed by atoms with Gasteiger partial charge in [-0.3, -0.25) is 15.0 Å². The fourth-order valence-corrected chi connectivity index (χ4v) is 5.76. The van der Waals surface area contributed by atoms with Crippen LogP contribution in [-0.2, 0) is 4.74 Å². The van der Waals surface area contributed by atoms with E-state index in [1.165, 1.54) is 11.3 Å². The van der Waals surface area contributed by atoms with E-state index in [1.807, 2.05) is 17.9 Å². The first-order valence-electron chi connectivity index (χ1n) is 12.7. The molecule has 0 unspecified atom stereocenters. The second-order valence-electron chi connectivity index (χ2n) is 9.95. The molecule has 2 aromatic rings. The number of aromatic nitrogens is 1. The lowest BCUT2D eigenvalue weighted by atomic mass is 10.0. The molecule has 2 N–H and O–H groups in total. The third-order valence-corrected chi connectivity index (χ3v) is 7.80. The first-order chi connectivity index (χ1) is 17.7. The fraction of sp³-hybridized carbons (Fsp3) is 0.600. The van der Waals surface area contributed by atoms with Gasteiger partial charge in [0.15, 0.2) is 0 Å². The smallest absolute Gasteiger partial charge is 0.410 e. The van der Waals surface area contributed by atoms with Gasteiger partial charge in [-0.15, -0.1) is 0 Å². The highest BCUT2D eigenvalue weighted by Gasteiger charge is 2.34. The number of nitrogens with one attached hydrogen (secondary N) is 2. The van der Waals surface area contributed by atoms with Gasteiger partial charge in [0.1, 0.15) is 22.1 Å². The van der Waals surface area contributed by atoms with Crippen molar-refractivity contribution in [2.24, 2.45) is 0 Å². The molecule has 4 heterocycles. The van der Waals surface area contributed by atoms with Crippen LogP contribution in [0.1, 0.15) is 44.0 Å². The Bertz CT molecular complexity index is 1130. The van der Waals surface area contributed by atoms with E-state index in [2.05, 4.69) is 20.5 Å². The lowest BCUT2D eigenvalue weighted by molar-refractivity contribution is -0.0101. The summed E-state index contributed by atoms with van der Waals surface area (Å²) in [6.07, 6.45) is 2.82. The zero-order chi connectivity index (χ0) is 26.6. The highest BCUT2D eigenvalue weighted by molar-refractivity contribution is 7.23. The van der Waals surface area contributed by atoms with Crippen LogP contribution in [-0.4, -0.2) is 102 Å². The minimum absolute atomic E-state index is 0.112. The number of urea groups is 1. The van der Waals surface area contributed by atoms with Crippen LogP contribution in [0.15, 0.2) is 18.3 Å². The molecule has 37 heavy (non-hydrogen) atoms. The predicted molar refractivity (Wildman–Crippen MR) is 141 cm³/mol. The third-order valence-electron chi connectivity index (χ3n) is 6.77. The molecular formula is C25H35FN6O4S. The Morgan fingerprint density at radius 1 is 1.14 bits per heavy atom. The van der Waals surface area contributed by atoms with Gasteiger partial charge in [-0.1, -0.05) is 11.3 Å². The number of carbonyl (C=O) groups is 3. The van der Waals surface area contributed by atoms with E-state index < -0.39 is 18.4 Å². The molecule has 0 radical (unpaired) electrons. The summed E-state index contributed by atoms with van der Waals surface area (Å²) in [5.74, 6) is -0.112.